The van der Waals surface area contributed by atoms with Crippen molar-refractivity contribution in [2.75, 3.05) is 6.61 Å². The maximum atomic E-state index is 11.9. The van der Waals surface area contributed by atoms with Crippen LogP contribution in [0, 0.1) is 0 Å². The SMILES string of the molecule is CCCOC(=O)Oc1c2cc(Cl)ccc2cc2c(Cl)cccc12. The molecule has 23 heavy (non-hydrogen) atoms. The highest BCUT2D eigenvalue weighted by Gasteiger charge is 2.15. The first-order valence-electron chi connectivity index (χ1n) is 7.25. The number of fused-ring (bicyclic) bond motifs is 2. The number of rotatable bonds is 3. The zero-order chi connectivity index (χ0) is 16.4. The van der Waals surface area contributed by atoms with E-state index < -0.39 is 6.16 Å². The second kappa shape index (κ2) is 6.65. The number of carbonyl (C=O) groups excluding carboxylic acids is 1. The van der Waals surface area contributed by atoms with Gasteiger partial charge in [-0.05, 0) is 36.1 Å². The summed E-state index contributed by atoms with van der Waals surface area (Å²) in [6, 6.07) is 12.8. The molecule has 3 aromatic carbocycles. The van der Waals surface area contributed by atoms with Gasteiger partial charge in [-0.1, -0.05) is 48.3 Å². The number of benzene rings is 3. The minimum Gasteiger partial charge on any atom is -0.434 e. The predicted octanol–water partition coefficient (Wildman–Crippen LogP) is 6.23. The Hall–Kier alpha value is -1.97. The quantitative estimate of drug-likeness (QED) is 0.320. The van der Waals surface area contributed by atoms with E-state index in [1.54, 1.807) is 18.2 Å². The smallest absolute Gasteiger partial charge is 0.434 e. The Morgan fingerprint density at radius 1 is 1.04 bits per heavy atom. The average molecular weight is 349 g/mol. The lowest BCUT2D eigenvalue weighted by Crippen LogP contribution is -2.11. The van der Waals surface area contributed by atoms with Crippen molar-refractivity contribution in [3.05, 3.63) is 52.5 Å². The van der Waals surface area contributed by atoms with Crippen molar-refractivity contribution >= 4 is 50.9 Å². The first kappa shape index (κ1) is 15.9. The third kappa shape index (κ3) is 3.21. The molecule has 0 aliphatic carbocycles. The normalized spacial score (nSPS) is 10.9. The fraction of sp³-hybridized carbons (Fsp3) is 0.167. The van der Waals surface area contributed by atoms with Crippen LogP contribution in [-0.2, 0) is 4.74 Å². The lowest BCUT2D eigenvalue weighted by molar-refractivity contribution is 0.100. The van der Waals surface area contributed by atoms with Gasteiger partial charge in [0.1, 0.15) is 5.75 Å². The van der Waals surface area contributed by atoms with Gasteiger partial charge in [-0.3, -0.25) is 0 Å². The highest BCUT2D eigenvalue weighted by molar-refractivity contribution is 6.36. The summed E-state index contributed by atoms with van der Waals surface area (Å²) in [6.07, 6.45) is -0.0103. The van der Waals surface area contributed by atoms with E-state index in [9.17, 15) is 4.79 Å². The van der Waals surface area contributed by atoms with Crippen molar-refractivity contribution in [3.8, 4) is 5.75 Å². The zero-order valence-electron chi connectivity index (χ0n) is 12.4. The molecule has 0 amide bonds. The van der Waals surface area contributed by atoms with Crippen molar-refractivity contribution in [2.24, 2.45) is 0 Å². The first-order valence-corrected chi connectivity index (χ1v) is 8.01. The van der Waals surface area contributed by atoms with Crippen molar-refractivity contribution in [2.45, 2.75) is 13.3 Å². The zero-order valence-corrected chi connectivity index (χ0v) is 13.9. The van der Waals surface area contributed by atoms with Crippen LogP contribution in [0.3, 0.4) is 0 Å². The predicted molar refractivity (Wildman–Crippen MR) is 93.7 cm³/mol. The number of hydrogen-bond acceptors (Lipinski definition) is 3. The minimum absolute atomic E-state index is 0.309. The molecule has 0 saturated heterocycles. The number of hydrogen-bond donors (Lipinski definition) is 0. The van der Waals surface area contributed by atoms with E-state index in [0.717, 1.165) is 28.0 Å². The Morgan fingerprint density at radius 3 is 2.65 bits per heavy atom. The molecule has 3 aromatic rings. The summed E-state index contributed by atoms with van der Waals surface area (Å²) in [5.41, 5.74) is 0. The number of halogens is 2. The molecule has 0 spiro atoms. The Bertz CT molecular complexity index is 886. The van der Waals surface area contributed by atoms with Crippen LogP contribution in [0.2, 0.25) is 10.0 Å². The minimum atomic E-state index is -0.736. The fourth-order valence-corrected chi connectivity index (χ4v) is 2.84. The summed E-state index contributed by atoms with van der Waals surface area (Å²) >= 11 is 12.4. The van der Waals surface area contributed by atoms with E-state index in [2.05, 4.69) is 0 Å². The molecular formula is C18H14Cl2O3. The largest absolute Gasteiger partial charge is 0.513 e. The summed E-state index contributed by atoms with van der Waals surface area (Å²) in [5.74, 6) is 0.406. The van der Waals surface area contributed by atoms with Gasteiger partial charge in [-0.2, -0.15) is 0 Å². The third-order valence-corrected chi connectivity index (χ3v) is 4.03. The van der Waals surface area contributed by atoms with Crippen LogP contribution in [0.1, 0.15) is 13.3 Å². The second-order valence-electron chi connectivity index (χ2n) is 5.11. The number of ether oxygens (including phenoxy) is 2. The van der Waals surface area contributed by atoms with E-state index in [0.29, 0.717) is 22.4 Å². The van der Waals surface area contributed by atoms with Crippen molar-refractivity contribution in [3.63, 3.8) is 0 Å². The van der Waals surface area contributed by atoms with Crippen molar-refractivity contribution in [1.29, 1.82) is 0 Å². The van der Waals surface area contributed by atoms with Crippen LogP contribution in [0.15, 0.2) is 42.5 Å². The first-order chi connectivity index (χ1) is 11.1. The Kier molecular flexibility index (Phi) is 4.60. The lowest BCUT2D eigenvalue weighted by atomic mass is 10.0. The molecule has 0 bridgehead atoms. The molecule has 0 aromatic heterocycles. The van der Waals surface area contributed by atoms with E-state index in [1.807, 2.05) is 31.2 Å². The molecule has 118 valence electrons. The molecule has 0 atom stereocenters. The monoisotopic (exact) mass is 348 g/mol. The summed E-state index contributed by atoms with van der Waals surface area (Å²) in [4.78, 5) is 11.9. The topological polar surface area (TPSA) is 35.5 Å². The average Bonchev–Trinajstić information content (AvgIpc) is 2.54. The maximum Gasteiger partial charge on any atom is 0.513 e. The molecule has 0 N–H and O–H groups in total. The van der Waals surface area contributed by atoms with Gasteiger partial charge in [0.25, 0.3) is 0 Å². The highest BCUT2D eigenvalue weighted by Crippen LogP contribution is 2.39. The van der Waals surface area contributed by atoms with Crippen LogP contribution in [0.5, 0.6) is 5.75 Å². The Morgan fingerprint density at radius 2 is 1.87 bits per heavy atom. The fourth-order valence-electron chi connectivity index (χ4n) is 2.44. The molecule has 0 aliphatic heterocycles. The van der Waals surface area contributed by atoms with Gasteiger partial charge in [0, 0.05) is 26.2 Å². The van der Waals surface area contributed by atoms with E-state index in [4.69, 9.17) is 32.7 Å². The number of carbonyl (C=O) groups is 1. The second-order valence-corrected chi connectivity index (χ2v) is 5.95. The van der Waals surface area contributed by atoms with Gasteiger partial charge in [-0.15, -0.1) is 0 Å². The van der Waals surface area contributed by atoms with Gasteiger partial charge >= 0.3 is 6.16 Å². The Balaban J connectivity index is 2.22. The summed E-state index contributed by atoms with van der Waals surface area (Å²) in [5, 5.41) is 4.31. The molecule has 5 heteroatoms. The van der Waals surface area contributed by atoms with Crippen molar-refractivity contribution < 1.29 is 14.3 Å². The molecule has 0 fully saturated rings. The van der Waals surface area contributed by atoms with E-state index in [1.165, 1.54) is 0 Å². The van der Waals surface area contributed by atoms with Crippen molar-refractivity contribution in [1.82, 2.24) is 0 Å². The molecule has 0 unspecified atom stereocenters. The van der Waals surface area contributed by atoms with Crippen LogP contribution in [-0.4, -0.2) is 12.8 Å². The Labute approximate surface area is 143 Å². The summed E-state index contributed by atoms with van der Waals surface area (Å²) in [7, 11) is 0. The van der Waals surface area contributed by atoms with Crippen LogP contribution >= 0.6 is 23.2 Å². The van der Waals surface area contributed by atoms with Gasteiger partial charge in [0.15, 0.2) is 0 Å². The molecule has 3 nitrogen and oxygen atoms in total. The lowest BCUT2D eigenvalue weighted by Gasteiger charge is -2.13. The molecule has 0 heterocycles. The standard InChI is InChI=1S/C18H14Cl2O3/c1-2-8-22-18(21)23-17-13-4-3-5-16(20)15(13)9-11-6-7-12(19)10-14(11)17/h3-7,9-10H,2,8H2,1H3. The molecular weight excluding hydrogens is 335 g/mol. The van der Waals surface area contributed by atoms with Crippen LogP contribution in [0.4, 0.5) is 4.79 Å². The molecule has 0 aliphatic rings. The highest BCUT2D eigenvalue weighted by atomic mass is 35.5. The van der Waals surface area contributed by atoms with Gasteiger partial charge in [0.05, 0.1) is 6.61 Å². The summed E-state index contributed by atoms with van der Waals surface area (Å²) in [6.45, 7) is 2.23. The van der Waals surface area contributed by atoms with E-state index in [-0.39, 0.29) is 0 Å². The van der Waals surface area contributed by atoms with Gasteiger partial charge in [0.2, 0.25) is 0 Å². The van der Waals surface area contributed by atoms with Crippen LogP contribution < -0.4 is 4.74 Å². The molecule has 0 radical (unpaired) electrons. The third-order valence-electron chi connectivity index (χ3n) is 3.47. The molecule has 0 saturated carbocycles. The van der Waals surface area contributed by atoms with Gasteiger partial charge in [-0.25, -0.2) is 4.79 Å². The van der Waals surface area contributed by atoms with Crippen LogP contribution in [0.25, 0.3) is 21.5 Å². The van der Waals surface area contributed by atoms with Gasteiger partial charge < -0.3 is 9.47 Å². The van der Waals surface area contributed by atoms with E-state index >= 15 is 0 Å². The summed E-state index contributed by atoms with van der Waals surface area (Å²) < 4.78 is 10.5. The maximum absolute atomic E-state index is 11.9. The molecule has 3 rings (SSSR count).